The van der Waals surface area contributed by atoms with Gasteiger partial charge in [0.2, 0.25) is 10.0 Å². The van der Waals surface area contributed by atoms with E-state index in [2.05, 4.69) is 10.3 Å². The maximum atomic E-state index is 12.5. The van der Waals surface area contributed by atoms with E-state index in [1.54, 1.807) is 13.1 Å². The number of ether oxygens (including phenoxy) is 1. The van der Waals surface area contributed by atoms with Crippen LogP contribution in [0.15, 0.2) is 23.2 Å². The Morgan fingerprint density at radius 3 is 3.00 bits per heavy atom. The normalized spacial score (nSPS) is 19.4. The highest BCUT2D eigenvalue weighted by Gasteiger charge is 2.26. The molecule has 2 rings (SSSR count). The van der Waals surface area contributed by atoms with Crippen LogP contribution in [0.2, 0.25) is 0 Å². The van der Waals surface area contributed by atoms with Crippen molar-refractivity contribution in [2.75, 3.05) is 32.1 Å². The van der Waals surface area contributed by atoms with E-state index in [0.29, 0.717) is 18.9 Å². The van der Waals surface area contributed by atoms with Gasteiger partial charge in [0, 0.05) is 39.0 Å². The van der Waals surface area contributed by atoms with Gasteiger partial charge in [-0.25, -0.2) is 13.4 Å². The average molecular weight is 299 g/mol. The molecule has 1 N–H and O–H groups in total. The number of hydrogen-bond acceptors (Lipinski definition) is 5. The summed E-state index contributed by atoms with van der Waals surface area (Å²) in [7, 11) is -1.91. The van der Waals surface area contributed by atoms with Crippen molar-refractivity contribution in [3.63, 3.8) is 0 Å². The third-order valence-electron chi connectivity index (χ3n) is 3.28. The molecule has 0 saturated carbocycles. The van der Waals surface area contributed by atoms with E-state index in [9.17, 15) is 8.42 Å². The summed E-state index contributed by atoms with van der Waals surface area (Å²) in [5.74, 6) is 0.569. The van der Waals surface area contributed by atoms with Crippen LogP contribution in [0.5, 0.6) is 0 Å². The molecular formula is C13H21N3O3S. The zero-order valence-electron chi connectivity index (χ0n) is 11.9. The number of nitrogens with one attached hydrogen (secondary N) is 1. The molecule has 20 heavy (non-hydrogen) atoms. The van der Waals surface area contributed by atoms with E-state index in [4.69, 9.17) is 4.74 Å². The first-order chi connectivity index (χ1) is 9.54. The highest BCUT2D eigenvalue weighted by molar-refractivity contribution is 7.89. The third-order valence-corrected chi connectivity index (χ3v) is 5.10. The summed E-state index contributed by atoms with van der Waals surface area (Å²) < 4.78 is 31.8. The molecule has 1 fully saturated rings. The van der Waals surface area contributed by atoms with E-state index >= 15 is 0 Å². The molecule has 1 aromatic heterocycles. The molecule has 1 atom stereocenters. The van der Waals surface area contributed by atoms with Crippen LogP contribution >= 0.6 is 0 Å². The Bertz CT molecular complexity index is 542. The van der Waals surface area contributed by atoms with Crippen molar-refractivity contribution >= 4 is 15.8 Å². The smallest absolute Gasteiger partial charge is 0.243 e. The maximum Gasteiger partial charge on any atom is 0.243 e. The Balaban J connectivity index is 2.13. The van der Waals surface area contributed by atoms with Gasteiger partial charge < -0.3 is 10.1 Å². The number of hydrogen-bond donors (Lipinski definition) is 1. The second-order valence-corrected chi connectivity index (χ2v) is 6.87. The lowest BCUT2D eigenvalue weighted by Crippen LogP contribution is -2.34. The molecular weight excluding hydrogens is 278 g/mol. The van der Waals surface area contributed by atoms with Gasteiger partial charge in [-0.1, -0.05) is 0 Å². The highest BCUT2D eigenvalue weighted by atomic mass is 32.2. The van der Waals surface area contributed by atoms with Crippen LogP contribution in [-0.2, 0) is 14.8 Å². The largest absolute Gasteiger partial charge is 0.377 e. The van der Waals surface area contributed by atoms with Crippen molar-refractivity contribution in [1.29, 1.82) is 0 Å². The first kappa shape index (κ1) is 15.2. The van der Waals surface area contributed by atoms with Gasteiger partial charge in [0.15, 0.2) is 0 Å². The molecule has 0 bridgehead atoms. The highest BCUT2D eigenvalue weighted by Crippen LogP contribution is 2.20. The number of aromatic nitrogens is 1. The van der Waals surface area contributed by atoms with Gasteiger partial charge in [0.05, 0.1) is 11.0 Å². The monoisotopic (exact) mass is 299 g/mol. The first-order valence-electron chi connectivity index (χ1n) is 6.82. The van der Waals surface area contributed by atoms with E-state index in [1.807, 2.05) is 6.92 Å². The number of rotatable bonds is 6. The van der Waals surface area contributed by atoms with Crippen LogP contribution in [0.3, 0.4) is 0 Å². The molecule has 0 aliphatic carbocycles. The van der Waals surface area contributed by atoms with Gasteiger partial charge in [-0.2, -0.15) is 4.31 Å². The summed E-state index contributed by atoms with van der Waals surface area (Å²) in [4.78, 5) is 4.34. The summed E-state index contributed by atoms with van der Waals surface area (Å²) >= 11 is 0. The van der Waals surface area contributed by atoms with Crippen LogP contribution < -0.4 is 5.32 Å². The quantitative estimate of drug-likeness (QED) is 0.857. The topological polar surface area (TPSA) is 71.5 Å². The van der Waals surface area contributed by atoms with Crippen molar-refractivity contribution in [2.45, 2.75) is 30.8 Å². The Labute approximate surface area is 120 Å². The van der Waals surface area contributed by atoms with E-state index in [1.165, 1.54) is 16.6 Å². The second-order valence-electron chi connectivity index (χ2n) is 4.83. The number of anilines is 1. The van der Waals surface area contributed by atoms with Gasteiger partial charge >= 0.3 is 0 Å². The minimum Gasteiger partial charge on any atom is -0.377 e. The van der Waals surface area contributed by atoms with Gasteiger partial charge in [0.25, 0.3) is 0 Å². The predicted molar refractivity (Wildman–Crippen MR) is 77.2 cm³/mol. The van der Waals surface area contributed by atoms with E-state index in [-0.39, 0.29) is 11.0 Å². The summed E-state index contributed by atoms with van der Waals surface area (Å²) in [5, 5.41) is 3.01. The first-order valence-corrected chi connectivity index (χ1v) is 8.26. The van der Waals surface area contributed by atoms with Crippen LogP contribution in [-0.4, -0.2) is 50.6 Å². The van der Waals surface area contributed by atoms with Crippen molar-refractivity contribution in [1.82, 2.24) is 9.29 Å². The van der Waals surface area contributed by atoms with Gasteiger partial charge in [-0.05, 0) is 25.8 Å². The number of likely N-dealkylation sites (N-methyl/N-ethyl adjacent to an activating group) is 1. The fourth-order valence-corrected chi connectivity index (χ4v) is 3.42. The number of nitrogens with zero attached hydrogens (tertiary/aromatic N) is 2. The van der Waals surface area contributed by atoms with Gasteiger partial charge in [0.1, 0.15) is 5.82 Å². The molecule has 0 aromatic carbocycles. The molecule has 7 heteroatoms. The Morgan fingerprint density at radius 1 is 1.55 bits per heavy atom. The molecule has 2 heterocycles. The summed E-state index contributed by atoms with van der Waals surface area (Å²) in [6, 6.07) is 3.08. The number of pyridine rings is 1. The van der Waals surface area contributed by atoms with Crippen LogP contribution in [0, 0.1) is 0 Å². The minimum absolute atomic E-state index is 0.00449. The van der Waals surface area contributed by atoms with Crippen molar-refractivity contribution in [3.8, 4) is 0 Å². The zero-order valence-corrected chi connectivity index (χ0v) is 12.7. The van der Waals surface area contributed by atoms with Crippen LogP contribution in [0.25, 0.3) is 0 Å². The van der Waals surface area contributed by atoms with Crippen molar-refractivity contribution < 1.29 is 13.2 Å². The SMILES string of the molecule is CCNc1cc(S(=O)(=O)N(C)CC2CCCO2)ccn1. The zero-order chi connectivity index (χ0) is 14.6. The molecule has 112 valence electrons. The summed E-state index contributed by atoms with van der Waals surface area (Å²) in [6.45, 7) is 3.74. The number of sulfonamides is 1. The molecule has 0 radical (unpaired) electrons. The van der Waals surface area contributed by atoms with Crippen LogP contribution in [0.1, 0.15) is 19.8 Å². The molecule has 1 aromatic rings. The fourth-order valence-electron chi connectivity index (χ4n) is 2.20. The third kappa shape index (κ3) is 3.47. The van der Waals surface area contributed by atoms with Crippen LogP contribution in [0.4, 0.5) is 5.82 Å². The summed E-state index contributed by atoms with van der Waals surface area (Å²) in [5.41, 5.74) is 0. The fraction of sp³-hybridized carbons (Fsp3) is 0.615. The maximum absolute atomic E-state index is 12.5. The Kier molecular flexibility index (Phi) is 4.95. The van der Waals surface area contributed by atoms with Crippen molar-refractivity contribution in [2.24, 2.45) is 0 Å². The van der Waals surface area contributed by atoms with Gasteiger partial charge in [-0.3, -0.25) is 0 Å². The standard InChI is InChI=1S/C13H21N3O3S/c1-3-14-13-9-12(6-7-15-13)20(17,18)16(2)10-11-5-4-8-19-11/h6-7,9,11H,3-5,8,10H2,1-2H3,(H,14,15). The molecule has 0 amide bonds. The molecule has 1 saturated heterocycles. The van der Waals surface area contributed by atoms with E-state index < -0.39 is 10.0 Å². The molecule has 0 spiro atoms. The Morgan fingerprint density at radius 2 is 2.35 bits per heavy atom. The van der Waals surface area contributed by atoms with Crippen molar-refractivity contribution in [3.05, 3.63) is 18.3 Å². The summed E-state index contributed by atoms with van der Waals surface area (Å²) in [6.07, 6.45) is 3.42. The lowest BCUT2D eigenvalue weighted by molar-refractivity contribution is 0.0979. The predicted octanol–water partition coefficient (Wildman–Crippen LogP) is 1.31. The average Bonchev–Trinajstić information content (AvgIpc) is 2.92. The Hall–Kier alpha value is -1.18. The molecule has 1 aliphatic rings. The van der Waals surface area contributed by atoms with E-state index in [0.717, 1.165) is 19.4 Å². The van der Waals surface area contributed by atoms with Gasteiger partial charge in [-0.15, -0.1) is 0 Å². The minimum atomic E-state index is -3.49. The molecule has 6 nitrogen and oxygen atoms in total. The second kappa shape index (κ2) is 6.51. The molecule has 1 aliphatic heterocycles. The lowest BCUT2D eigenvalue weighted by Gasteiger charge is -2.20. The molecule has 1 unspecified atom stereocenters. The lowest BCUT2D eigenvalue weighted by atomic mass is 10.2.